The summed E-state index contributed by atoms with van der Waals surface area (Å²) in [5, 5.41) is 1.22. The smallest absolute Gasteiger partial charge is 0.113 e. The minimum atomic E-state index is -0.155. The molecule has 106 valence electrons. The van der Waals surface area contributed by atoms with Gasteiger partial charge in [0.15, 0.2) is 0 Å². The SMILES string of the molecule is CCCN1CCCC(N)(c2nc3c(s2)CCC3)CC1. The second-order valence-corrected chi connectivity index (χ2v) is 7.18. The van der Waals surface area contributed by atoms with Gasteiger partial charge in [-0.05, 0) is 58.0 Å². The maximum atomic E-state index is 6.72. The molecule has 1 fully saturated rings. The molecule has 2 heterocycles. The number of nitrogens with two attached hydrogens (primary N) is 1. The molecule has 3 rings (SSSR count). The molecular weight excluding hydrogens is 254 g/mol. The second kappa shape index (κ2) is 5.51. The number of hydrogen-bond donors (Lipinski definition) is 1. The summed E-state index contributed by atoms with van der Waals surface area (Å²) in [7, 11) is 0. The average Bonchev–Trinajstić information content (AvgIpc) is 2.92. The van der Waals surface area contributed by atoms with Gasteiger partial charge in [-0.3, -0.25) is 0 Å². The van der Waals surface area contributed by atoms with Gasteiger partial charge >= 0.3 is 0 Å². The number of hydrogen-bond acceptors (Lipinski definition) is 4. The van der Waals surface area contributed by atoms with Gasteiger partial charge in [-0.15, -0.1) is 11.3 Å². The first-order chi connectivity index (χ1) is 9.21. The molecule has 19 heavy (non-hydrogen) atoms. The Balaban J connectivity index is 1.74. The quantitative estimate of drug-likeness (QED) is 0.925. The van der Waals surface area contributed by atoms with Crippen LogP contribution in [0.2, 0.25) is 0 Å². The van der Waals surface area contributed by atoms with E-state index in [4.69, 9.17) is 10.7 Å². The normalized spacial score (nSPS) is 28.3. The molecule has 1 aliphatic carbocycles. The summed E-state index contributed by atoms with van der Waals surface area (Å²) in [6.07, 6.45) is 8.30. The Morgan fingerprint density at radius 2 is 2.16 bits per heavy atom. The van der Waals surface area contributed by atoms with E-state index in [9.17, 15) is 0 Å². The van der Waals surface area contributed by atoms with Crippen LogP contribution in [-0.4, -0.2) is 29.5 Å². The summed E-state index contributed by atoms with van der Waals surface area (Å²) in [6, 6.07) is 0. The van der Waals surface area contributed by atoms with E-state index in [2.05, 4.69) is 11.8 Å². The standard InChI is InChI=1S/C15H25N3S/c1-2-9-18-10-4-7-15(16,8-11-18)14-17-12-5-3-6-13(12)19-14/h2-11,16H2,1H3. The number of fused-ring (bicyclic) bond motifs is 1. The first-order valence-electron chi connectivity index (χ1n) is 7.71. The zero-order chi connectivity index (χ0) is 13.3. The van der Waals surface area contributed by atoms with Gasteiger partial charge in [-0.1, -0.05) is 6.92 Å². The van der Waals surface area contributed by atoms with Gasteiger partial charge in [-0.2, -0.15) is 0 Å². The van der Waals surface area contributed by atoms with Crippen molar-refractivity contribution in [1.29, 1.82) is 0 Å². The third kappa shape index (κ3) is 2.71. The highest BCUT2D eigenvalue weighted by atomic mass is 32.1. The molecule has 1 aromatic rings. The number of nitrogens with zero attached hydrogens (tertiary/aromatic N) is 2. The largest absolute Gasteiger partial charge is 0.319 e. The van der Waals surface area contributed by atoms with Crippen molar-refractivity contribution in [2.45, 2.75) is 57.4 Å². The highest BCUT2D eigenvalue weighted by molar-refractivity contribution is 7.12. The van der Waals surface area contributed by atoms with Gasteiger partial charge in [-0.25, -0.2) is 4.98 Å². The molecule has 1 saturated heterocycles. The lowest BCUT2D eigenvalue weighted by molar-refractivity contribution is 0.276. The van der Waals surface area contributed by atoms with Crippen LogP contribution in [0, 0.1) is 0 Å². The van der Waals surface area contributed by atoms with Crippen molar-refractivity contribution in [2.24, 2.45) is 5.73 Å². The maximum absolute atomic E-state index is 6.72. The fraction of sp³-hybridized carbons (Fsp3) is 0.800. The van der Waals surface area contributed by atoms with Crippen molar-refractivity contribution in [2.75, 3.05) is 19.6 Å². The monoisotopic (exact) mass is 279 g/mol. The van der Waals surface area contributed by atoms with Gasteiger partial charge in [0.1, 0.15) is 5.01 Å². The Morgan fingerprint density at radius 1 is 1.26 bits per heavy atom. The zero-order valence-electron chi connectivity index (χ0n) is 12.0. The maximum Gasteiger partial charge on any atom is 0.113 e. The summed E-state index contributed by atoms with van der Waals surface area (Å²) in [6.45, 7) is 5.81. The minimum absolute atomic E-state index is 0.155. The molecule has 3 nitrogen and oxygen atoms in total. The fourth-order valence-corrected chi connectivity index (χ4v) is 4.68. The Hall–Kier alpha value is -0.450. The predicted molar refractivity (Wildman–Crippen MR) is 80.6 cm³/mol. The van der Waals surface area contributed by atoms with Crippen molar-refractivity contribution in [1.82, 2.24) is 9.88 Å². The van der Waals surface area contributed by atoms with E-state index in [0.717, 1.165) is 19.4 Å². The van der Waals surface area contributed by atoms with Crippen molar-refractivity contribution in [3.05, 3.63) is 15.6 Å². The zero-order valence-corrected chi connectivity index (χ0v) is 12.8. The van der Waals surface area contributed by atoms with Crippen LogP contribution in [0.1, 0.15) is 54.6 Å². The van der Waals surface area contributed by atoms with Crippen molar-refractivity contribution >= 4 is 11.3 Å². The fourth-order valence-electron chi connectivity index (χ4n) is 3.37. The summed E-state index contributed by atoms with van der Waals surface area (Å²) in [4.78, 5) is 8.95. The van der Waals surface area contributed by atoms with E-state index >= 15 is 0 Å². The van der Waals surface area contributed by atoms with E-state index in [1.165, 1.54) is 60.8 Å². The number of aromatic nitrogens is 1. The van der Waals surface area contributed by atoms with Crippen LogP contribution in [0.4, 0.5) is 0 Å². The topological polar surface area (TPSA) is 42.1 Å². The Morgan fingerprint density at radius 3 is 2.95 bits per heavy atom. The predicted octanol–water partition coefficient (Wildman–Crippen LogP) is 2.68. The highest BCUT2D eigenvalue weighted by Crippen LogP contribution is 2.37. The van der Waals surface area contributed by atoms with Crippen molar-refractivity contribution in [3.63, 3.8) is 0 Å². The van der Waals surface area contributed by atoms with Crippen LogP contribution in [0.25, 0.3) is 0 Å². The third-order valence-electron chi connectivity index (χ3n) is 4.53. The molecule has 1 aromatic heterocycles. The number of rotatable bonds is 3. The number of likely N-dealkylation sites (tertiary alicyclic amines) is 1. The van der Waals surface area contributed by atoms with Gasteiger partial charge < -0.3 is 10.6 Å². The Labute approximate surface area is 120 Å². The lowest BCUT2D eigenvalue weighted by atomic mass is 9.92. The van der Waals surface area contributed by atoms with Crippen LogP contribution in [-0.2, 0) is 18.4 Å². The molecule has 0 spiro atoms. The van der Waals surface area contributed by atoms with E-state index in [-0.39, 0.29) is 5.54 Å². The molecule has 0 saturated carbocycles. The minimum Gasteiger partial charge on any atom is -0.319 e. The van der Waals surface area contributed by atoms with Crippen LogP contribution in [0.15, 0.2) is 0 Å². The van der Waals surface area contributed by atoms with Gasteiger partial charge in [0.05, 0.1) is 11.2 Å². The highest BCUT2D eigenvalue weighted by Gasteiger charge is 2.34. The molecule has 1 aliphatic heterocycles. The van der Waals surface area contributed by atoms with Gasteiger partial charge in [0.25, 0.3) is 0 Å². The van der Waals surface area contributed by atoms with E-state index in [1.54, 1.807) is 0 Å². The molecular formula is C15H25N3S. The van der Waals surface area contributed by atoms with E-state index in [1.807, 2.05) is 11.3 Å². The van der Waals surface area contributed by atoms with Gasteiger partial charge in [0, 0.05) is 11.4 Å². The van der Waals surface area contributed by atoms with E-state index in [0.29, 0.717) is 0 Å². The molecule has 0 aromatic carbocycles. The molecule has 1 unspecified atom stereocenters. The molecule has 4 heteroatoms. The molecule has 2 aliphatic rings. The van der Waals surface area contributed by atoms with Crippen molar-refractivity contribution < 1.29 is 0 Å². The van der Waals surface area contributed by atoms with Crippen LogP contribution in [0.3, 0.4) is 0 Å². The molecule has 1 atom stereocenters. The molecule has 0 bridgehead atoms. The molecule has 2 N–H and O–H groups in total. The summed E-state index contributed by atoms with van der Waals surface area (Å²) >= 11 is 1.90. The number of aryl methyl sites for hydroxylation is 2. The van der Waals surface area contributed by atoms with Crippen LogP contribution in [0.5, 0.6) is 0 Å². The molecule has 0 radical (unpaired) electrons. The summed E-state index contributed by atoms with van der Waals surface area (Å²) in [5.41, 5.74) is 7.91. The average molecular weight is 279 g/mol. The van der Waals surface area contributed by atoms with Crippen LogP contribution < -0.4 is 5.73 Å². The van der Waals surface area contributed by atoms with E-state index < -0.39 is 0 Å². The summed E-state index contributed by atoms with van der Waals surface area (Å²) < 4.78 is 0. The first-order valence-corrected chi connectivity index (χ1v) is 8.53. The Bertz CT molecular complexity index is 421. The van der Waals surface area contributed by atoms with Crippen LogP contribution >= 0.6 is 11.3 Å². The summed E-state index contributed by atoms with van der Waals surface area (Å²) in [5.74, 6) is 0. The first kappa shape index (κ1) is 13.5. The Kier molecular flexibility index (Phi) is 3.92. The lowest BCUT2D eigenvalue weighted by Crippen LogP contribution is -2.38. The number of thiazole rings is 1. The third-order valence-corrected chi connectivity index (χ3v) is 5.91. The lowest BCUT2D eigenvalue weighted by Gasteiger charge is -2.26. The second-order valence-electron chi connectivity index (χ2n) is 6.09. The van der Waals surface area contributed by atoms with Crippen molar-refractivity contribution in [3.8, 4) is 0 Å². The molecule has 0 amide bonds. The van der Waals surface area contributed by atoms with Gasteiger partial charge in [0.2, 0.25) is 0 Å².